The predicted molar refractivity (Wildman–Crippen MR) is 94.8 cm³/mol. The lowest BCUT2D eigenvalue weighted by atomic mass is 10.0. The predicted octanol–water partition coefficient (Wildman–Crippen LogP) is 3.67. The number of fused-ring (bicyclic) bond motifs is 4. The van der Waals surface area contributed by atoms with E-state index in [9.17, 15) is 0 Å². The first-order valence-electron chi connectivity index (χ1n) is 8.29. The van der Waals surface area contributed by atoms with Crippen LogP contribution in [0.2, 0.25) is 0 Å². The second kappa shape index (κ2) is 5.03. The van der Waals surface area contributed by atoms with Gasteiger partial charge in [-0.2, -0.15) is 0 Å². The lowest BCUT2D eigenvalue weighted by Crippen LogP contribution is -2.26. The molecule has 5 heteroatoms. The van der Waals surface area contributed by atoms with Crippen molar-refractivity contribution in [3.63, 3.8) is 0 Å². The third-order valence-corrected chi connectivity index (χ3v) is 4.74. The molecule has 0 N–H and O–H groups in total. The van der Waals surface area contributed by atoms with E-state index in [1.54, 1.807) is 0 Å². The maximum Gasteiger partial charge on any atom is 0.204 e. The minimum absolute atomic E-state index is 0.822. The molecule has 0 saturated carbocycles. The van der Waals surface area contributed by atoms with Crippen LogP contribution < -0.4 is 4.90 Å². The lowest BCUT2D eigenvalue weighted by Gasteiger charge is -2.30. The lowest BCUT2D eigenvalue weighted by molar-refractivity contribution is 0.760. The summed E-state index contributed by atoms with van der Waals surface area (Å²) in [6.07, 6.45) is 2.23. The molecule has 0 unspecified atom stereocenters. The molecular weight excluding hydrogens is 298 g/mol. The van der Waals surface area contributed by atoms with Crippen LogP contribution in [0.4, 0.5) is 11.5 Å². The van der Waals surface area contributed by atoms with Crippen molar-refractivity contribution in [2.75, 3.05) is 11.4 Å². The minimum atomic E-state index is 0.822. The van der Waals surface area contributed by atoms with Gasteiger partial charge in [0.1, 0.15) is 5.82 Å². The van der Waals surface area contributed by atoms with E-state index in [2.05, 4.69) is 49.8 Å². The zero-order valence-electron chi connectivity index (χ0n) is 13.5. The zero-order valence-corrected chi connectivity index (χ0v) is 13.5. The van der Waals surface area contributed by atoms with Crippen molar-refractivity contribution in [2.24, 2.45) is 0 Å². The molecule has 0 radical (unpaired) electrons. The normalized spacial score (nSPS) is 14.3. The van der Waals surface area contributed by atoms with E-state index in [0.717, 1.165) is 47.7 Å². The molecule has 3 heterocycles. The van der Waals surface area contributed by atoms with Gasteiger partial charge in [0.15, 0.2) is 5.82 Å². The monoisotopic (exact) mass is 315 g/mol. The number of hydrogen-bond acceptors (Lipinski definition) is 4. The number of para-hydroxylation sites is 3. The third-order valence-electron chi connectivity index (χ3n) is 4.74. The fourth-order valence-electron chi connectivity index (χ4n) is 3.64. The standard InChI is InChI=1S/C19H17N5/c1-13-21-22-19-18(20-15-9-3-5-11-17(15)24(13)19)23-12-6-8-14-7-2-4-10-16(14)23/h2-5,7,9-11H,6,8,12H2,1H3. The van der Waals surface area contributed by atoms with Crippen molar-refractivity contribution in [3.8, 4) is 0 Å². The zero-order chi connectivity index (χ0) is 16.1. The molecule has 5 nitrogen and oxygen atoms in total. The summed E-state index contributed by atoms with van der Waals surface area (Å²) in [7, 11) is 0. The molecule has 0 saturated heterocycles. The highest BCUT2D eigenvalue weighted by Crippen LogP contribution is 2.35. The van der Waals surface area contributed by atoms with Crippen LogP contribution in [-0.4, -0.2) is 26.1 Å². The van der Waals surface area contributed by atoms with E-state index in [-0.39, 0.29) is 0 Å². The van der Waals surface area contributed by atoms with Crippen molar-refractivity contribution in [3.05, 3.63) is 59.9 Å². The van der Waals surface area contributed by atoms with Gasteiger partial charge >= 0.3 is 0 Å². The molecule has 24 heavy (non-hydrogen) atoms. The van der Waals surface area contributed by atoms with Gasteiger partial charge in [-0.05, 0) is 43.5 Å². The van der Waals surface area contributed by atoms with Crippen LogP contribution in [0.5, 0.6) is 0 Å². The van der Waals surface area contributed by atoms with Gasteiger partial charge in [0.2, 0.25) is 5.65 Å². The fraction of sp³-hybridized carbons (Fsp3) is 0.211. The highest BCUT2D eigenvalue weighted by Gasteiger charge is 2.23. The van der Waals surface area contributed by atoms with E-state index in [1.807, 2.05) is 25.1 Å². The molecule has 5 rings (SSSR count). The Morgan fingerprint density at radius 3 is 2.75 bits per heavy atom. The van der Waals surface area contributed by atoms with Crippen molar-refractivity contribution in [1.29, 1.82) is 0 Å². The van der Waals surface area contributed by atoms with E-state index in [1.165, 1.54) is 11.3 Å². The smallest absolute Gasteiger partial charge is 0.204 e. The van der Waals surface area contributed by atoms with Gasteiger partial charge < -0.3 is 4.90 Å². The summed E-state index contributed by atoms with van der Waals surface area (Å²) >= 11 is 0. The molecular formula is C19H17N5. The molecule has 4 aromatic rings. The number of aryl methyl sites for hydroxylation is 2. The maximum atomic E-state index is 4.94. The number of benzene rings is 2. The van der Waals surface area contributed by atoms with E-state index < -0.39 is 0 Å². The van der Waals surface area contributed by atoms with Gasteiger partial charge in [-0.3, -0.25) is 4.40 Å². The number of aromatic nitrogens is 4. The summed E-state index contributed by atoms with van der Waals surface area (Å²) in [5.74, 6) is 1.77. The topological polar surface area (TPSA) is 46.3 Å². The molecule has 2 aromatic heterocycles. The number of rotatable bonds is 1. The molecule has 0 aliphatic carbocycles. The molecule has 0 spiro atoms. The van der Waals surface area contributed by atoms with Crippen molar-refractivity contribution in [2.45, 2.75) is 19.8 Å². The van der Waals surface area contributed by atoms with Crippen LogP contribution in [0.3, 0.4) is 0 Å². The molecule has 1 aliphatic heterocycles. The van der Waals surface area contributed by atoms with Crippen LogP contribution in [0.15, 0.2) is 48.5 Å². The van der Waals surface area contributed by atoms with Crippen LogP contribution in [0.25, 0.3) is 16.7 Å². The van der Waals surface area contributed by atoms with Crippen LogP contribution >= 0.6 is 0 Å². The molecule has 0 atom stereocenters. The minimum Gasteiger partial charge on any atom is -0.323 e. The Bertz CT molecular complexity index is 1070. The molecule has 118 valence electrons. The molecule has 0 fully saturated rings. The molecule has 2 aromatic carbocycles. The van der Waals surface area contributed by atoms with Gasteiger partial charge in [0.05, 0.1) is 11.0 Å². The number of nitrogens with zero attached hydrogens (tertiary/aromatic N) is 5. The first-order valence-corrected chi connectivity index (χ1v) is 8.29. The Morgan fingerprint density at radius 2 is 1.79 bits per heavy atom. The highest BCUT2D eigenvalue weighted by molar-refractivity contribution is 5.85. The number of anilines is 2. The Balaban J connectivity index is 1.84. The maximum absolute atomic E-state index is 4.94. The SMILES string of the molecule is Cc1nnc2c(N3CCCc4ccccc43)nc3ccccc3n12. The van der Waals surface area contributed by atoms with Gasteiger partial charge in [-0.25, -0.2) is 4.98 Å². The van der Waals surface area contributed by atoms with Gasteiger partial charge in [-0.15, -0.1) is 10.2 Å². The summed E-state index contributed by atoms with van der Waals surface area (Å²) < 4.78 is 2.11. The van der Waals surface area contributed by atoms with E-state index in [4.69, 9.17) is 4.98 Å². The first-order chi connectivity index (χ1) is 11.8. The van der Waals surface area contributed by atoms with Crippen molar-refractivity contribution < 1.29 is 0 Å². The third kappa shape index (κ3) is 1.84. The van der Waals surface area contributed by atoms with Gasteiger partial charge in [0.25, 0.3) is 0 Å². The Labute approximate surface area is 139 Å². The van der Waals surface area contributed by atoms with E-state index >= 15 is 0 Å². The molecule has 1 aliphatic rings. The molecule has 0 amide bonds. The fourth-order valence-corrected chi connectivity index (χ4v) is 3.64. The second-order valence-corrected chi connectivity index (χ2v) is 6.21. The average Bonchev–Trinajstić information content (AvgIpc) is 3.03. The first kappa shape index (κ1) is 13.5. The summed E-state index contributed by atoms with van der Waals surface area (Å²) in [5.41, 5.74) is 5.43. The number of hydrogen-bond donors (Lipinski definition) is 0. The summed E-state index contributed by atoms with van der Waals surface area (Å²) in [5, 5.41) is 8.73. The van der Waals surface area contributed by atoms with E-state index in [0.29, 0.717) is 0 Å². The van der Waals surface area contributed by atoms with Crippen molar-refractivity contribution >= 4 is 28.2 Å². The summed E-state index contributed by atoms with van der Waals surface area (Å²) in [6.45, 7) is 2.93. The summed E-state index contributed by atoms with van der Waals surface area (Å²) in [4.78, 5) is 7.23. The van der Waals surface area contributed by atoms with Crippen LogP contribution in [0, 0.1) is 6.92 Å². The van der Waals surface area contributed by atoms with Crippen LogP contribution in [0.1, 0.15) is 17.8 Å². The largest absolute Gasteiger partial charge is 0.323 e. The Kier molecular flexibility index (Phi) is 2.82. The quantitative estimate of drug-likeness (QED) is 0.538. The second-order valence-electron chi connectivity index (χ2n) is 6.21. The Hall–Kier alpha value is -2.95. The highest BCUT2D eigenvalue weighted by atomic mass is 15.3. The van der Waals surface area contributed by atoms with Gasteiger partial charge in [0, 0.05) is 12.2 Å². The van der Waals surface area contributed by atoms with Crippen LogP contribution in [-0.2, 0) is 6.42 Å². The molecule has 0 bridgehead atoms. The van der Waals surface area contributed by atoms with Crippen molar-refractivity contribution in [1.82, 2.24) is 19.6 Å². The Morgan fingerprint density at radius 1 is 0.958 bits per heavy atom. The summed E-state index contributed by atoms with van der Waals surface area (Å²) in [6, 6.07) is 16.7. The average molecular weight is 315 g/mol. The van der Waals surface area contributed by atoms with Gasteiger partial charge in [-0.1, -0.05) is 30.3 Å².